The molecule has 2 fully saturated rings. The van der Waals surface area contributed by atoms with E-state index in [1.54, 1.807) is 45.9 Å². The number of hydrogen-bond acceptors (Lipinski definition) is 16. The van der Waals surface area contributed by atoms with Gasteiger partial charge in [0, 0.05) is 104 Å². The number of carbonyl (C=O) groups excluding carboxylic acids is 2. The van der Waals surface area contributed by atoms with Crippen LogP contribution in [0.5, 0.6) is 11.5 Å². The molecule has 5 N–H and O–H groups in total. The number of hydrogen-bond donors (Lipinski definition) is 5. The molecule has 0 saturated carbocycles. The van der Waals surface area contributed by atoms with E-state index in [4.69, 9.17) is 28.3 Å². The molecule has 4 aliphatic rings. The van der Waals surface area contributed by atoms with Crippen molar-refractivity contribution in [2.45, 2.75) is 111 Å². The van der Waals surface area contributed by atoms with Gasteiger partial charge in [-0.1, -0.05) is 45.9 Å². The minimum Gasteiger partial charge on any atom is -0.507 e. The van der Waals surface area contributed by atoms with Crippen LogP contribution in [0.2, 0.25) is 0 Å². The third-order valence-electron chi connectivity index (χ3n) is 14.6. The van der Waals surface area contributed by atoms with Gasteiger partial charge < -0.3 is 54.0 Å². The fourth-order valence-corrected chi connectivity index (χ4v) is 10.4. The number of nitrogens with zero attached hydrogens (tertiary/aromatic N) is 3. The number of carbonyl (C=O) groups is 2. The number of aliphatic hydroxyl groups is 3. The molecule has 2 unspecified atom stereocenters. The van der Waals surface area contributed by atoms with E-state index in [1.807, 2.05) is 0 Å². The molecule has 0 radical (unpaired) electrons. The van der Waals surface area contributed by atoms with Gasteiger partial charge in [-0.15, -0.1) is 0 Å². The molecule has 6 bridgehead atoms. The van der Waals surface area contributed by atoms with Crippen molar-refractivity contribution >= 4 is 62.0 Å². The Labute approximate surface area is 386 Å². The molecule has 5 heterocycles. The van der Waals surface area contributed by atoms with Gasteiger partial charge in [0.05, 0.1) is 35.2 Å². The lowest BCUT2D eigenvalue weighted by molar-refractivity contribution is -0.160. The van der Waals surface area contributed by atoms with Gasteiger partial charge in [0.25, 0.3) is 5.91 Å². The predicted octanol–water partition coefficient (Wildman–Crippen LogP) is 4.84. The summed E-state index contributed by atoms with van der Waals surface area (Å²) >= 11 is 0. The maximum absolute atomic E-state index is 14.9. The van der Waals surface area contributed by atoms with Gasteiger partial charge in [-0.25, -0.2) is 4.98 Å². The monoisotopic (exact) mass is 924 g/mol. The van der Waals surface area contributed by atoms with Crippen molar-refractivity contribution in [3.63, 3.8) is 0 Å². The number of methoxy groups -OCH3 is 1. The lowest BCUT2D eigenvalue weighted by Crippen LogP contribution is -2.52. The molecule has 17 heteroatoms. The third-order valence-corrected chi connectivity index (χ3v) is 14.6. The number of fused-ring (bicyclic) bond motifs is 4. The lowest BCUT2D eigenvalue weighted by atomic mass is 9.78. The fraction of sp³-hybridized carbons (Fsp3) is 0.500. The van der Waals surface area contributed by atoms with Crippen molar-refractivity contribution in [3.05, 3.63) is 79.5 Å². The standard InChI is InChI=1S/C50H60N4O13/c1-22-12-11-13-23(2)49(62)52-40-44(60)36-35(39-47(40)66-34-19-31(18-32(56)38(34)51-39)54-20-29-14-15-30(21-54)53(29)9)37-46(27(6)43(36)59)67-50(8,48(37)61)64-17-16-33(63-10)24(3)45(65-28(7)55)26(5)42(58)25(4)41(22)57/h11-13,16-19,22,24-26,29-30,33,41-42,45,57-59,61H,14-15,20-21H2,1-10H3,(H,52,62)/t22-,24+,25+,26+,29?,30?,33-,41-,42+,45+,50-/m0/s1. The molecule has 67 heavy (non-hydrogen) atoms. The molecule has 8 rings (SSSR count). The molecular formula is C50H60N4O13. The summed E-state index contributed by atoms with van der Waals surface area (Å²) in [4.78, 5) is 64.8. The smallest absolute Gasteiger partial charge is 0.307 e. The molecule has 17 nitrogen and oxygen atoms in total. The zero-order valence-corrected chi connectivity index (χ0v) is 39.4. The number of benzene rings is 3. The summed E-state index contributed by atoms with van der Waals surface area (Å²) in [5, 5.41) is 49.3. The number of allylic oxidation sites excluding steroid dienone is 2. The summed E-state index contributed by atoms with van der Waals surface area (Å²) in [5.74, 6) is -6.90. The van der Waals surface area contributed by atoms with Crippen molar-refractivity contribution in [2.24, 2.45) is 23.7 Å². The van der Waals surface area contributed by atoms with Crippen molar-refractivity contribution in [3.8, 4) is 11.5 Å². The maximum atomic E-state index is 14.9. The number of aromatic nitrogens is 1. The molecule has 358 valence electrons. The zero-order chi connectivity index (χ0) is 48.5. The van der Waals surface area contributed by atoms with Gasteiger partial charge in [-0.2, -0.15) is 0 Å². The molecule has 0 aliphatic carbocycles. The van der Waals surface area contributed by atoms with Crippen LogP contribution in [0.15, 0.2) is 62.3 Å². The summed E-state index contributed by atoms with van der Waals surface area (Å²) in [5.41, 5.74) is -1.27. The van der Waals surface area contributed by atoms with Crippen LogP contribution < -0.4 is 31.0 Å². The van der Waals surface area contributed by atoms with Crippen LogP contribution in [0.4, 0.5) is 11.4 Å². The number of aromatic hydroxyl groups is 1. The Kier molecular flexibility index (Phi) is 12.7. The summed E-state index contributed by atoms with van der Waals surface area (Å²) < 4.78 is 30.6. The second-order valence-electron chi connectivity index (χ2n) is 19.0. The number of piperazine rings is 1. The van der Waals surface area contributed by atoms with Crippen LogP contribution >= 0.6 is 0 Å². The van der Waals surface area contributed by atoms with E-state index in [1.165, 1.54) is 59.3 Å². The first kappa shape index (κ1) is 47.5. The van der Waals surface area contributed by atoms with E-state index in [0.29, 0.717) is 30.9 Å². The highest BCUT2D eigenvalue weighted by Gasteiger charge is 2.45. The highest BCUT2D eigenvalue weighted by Crippen LogP contribution is 2.43. The van der Waals surface area contributed by atoms with Crippen LogP contribution in [0.3, 0.4) is 0 Å². The molecule has 4 aliphatic heterocycles. The predicted molar refractivity (Wildman–Crippen MR) is 252 cm³/mol. The number of ether oxygens (including phenoxy) is 4. The molecule has 2 saturated heterocycles. The van der Waals surface area contributed by atoms with Crippen LogP contribution in [-0.4, -0.2) is 112 Å². The second kappa shape index (κ2) is 17.9. The number of nitrogens with one attached hydrogen (secondary N) is 1. The molecule has 3 aromatic carbocycles. The Hall–Kier alpha value is -6.01. The number of rotatable bonds is 3. The quantitative estimate of drug-likeness (QED) is 0.105. The largest absolute Gasteiger partial charge is 0.507 e. The molecular weight excluding hydrogens is 865 g/mol. The first-order valence-corrected chi connectivity index (χ1v) is 22.8. The van der Waals surface area contributed by atoms with Crippen molar-refractivity contribution in [1.29, 1.82) is 0 Å². The topological polar surface area (TPSA) is 231 Å². The highest BCUT2D eigenvalue weighted by atomic mass is 16.7. The Balaban J connectivity index is 1.35. The minimum atomic E-state index is -1.98. The van der Waals surface area contributed by atoms with Gasteiger partial charge in [-0.05, 0) is 39.8 Å². The van der Waals surface area contributed by atoms with Gasteiger partial charge in [0.15, 0.2) is 22.4 Å². The van der Waals surface area contributed by atoms with Crippen molar-refractivity contribution < 1.29 is 53.4 Å². The Bertz CT molecular complexity index is 2930. The number of aliphatic hydroxyl groups excluding tert-OH is 3. The maximum Gasteiger partial charge on any atom is 0.307 e. The Morgan fingerprint density at radius 3 is 2.28 bits per heavy atom. The van der Waals surface area contributed by atoms with Crippen LogP contribution in [0, 0.1) is 30.6 Å². The summed E-state index contributed by atoms with van der Waals surface area (Å²) in [6.07, 6.45) is 5.66. The van der Waals surface area contributed by atoms with Crippen LogP contribution in [0.25, 0.3) is 38.7 Å². The Morgan fingerprint density at radius 2 is 1.63 bits per heavy atom. The van der Waals surface area contributed by atoms with Crippen LogP contribution in [-0.2, 0) is 23.8 Å². The number of anilines is 2. The number of amides is 1. The van der Waals surface area contributed by atoms with E-state index in [0.717, 1.165) is 12.8 Å². The number of phenols is 1. The first-order valence-electron chi connectivity index (χ1n) is 22.8. The zero-order valence-electron chi connectivity index (χ0n) is 39.4. The normalized spacial score (nSPS) is 30.8. The van der Waals surface area contributed by atoms with Gasteiger partial charge >= 0.3 is 11.8 Å². The second-order valence-corrected chi connectivity index (χ2v) is 19.0. The third kappa shape index (κ3) is 8.19. The van der Waals surface area contributed by atoms with E-state index < -0.39 is 88.1 Å². The average molecular weight is 925 g/mol. The molecule has 1 aromatic heterocycles. The number of esters is 1. The van der Waals surface area contributed by atoms with Crippen LogP contribution in [0.1, 0.15) is 66.9 Å². The summed E-state index contributed by atoms with van der Waals surface area (Å²) in [6, 6.07) is 3.83. The lowest BCUT2D eigenvalue weighted by Gasteiger charge is -2.40. The summed E-state index contributed by atoms with van der Waals surface area (Å²) in [6.45, 7) is 14.0. The fourth-order valence-electron chi connectivity index (χ4n) is 10.4. The van der Waals surface area contributed by atoms with E-state index in [2.05, 4.69) is 22.2 Å². The molecule has 0 spiro atoms. The van der Waals surface area contributed by atoms with Gasteiger partial charge in [0.2, 0.25) is 10.9 Å². The number of phenolic OH excluding ortho intramolecular Hbond substituents is 1. The first-order chi connectivity index (χ1) is 31.7. The number of likely N-dealkylation sites (N-methyl/N-ethyl adjacent to an activating group) is 1. The van der Waals surface area contributed by atoms with E-state index in [9.17, 15) is 39.6 Å². The van der Waals surface area contributed by atoms with Gasteiger partial charge in [0.1, 0.15) is 28.8 Å². The summed E-state index contributed by atoms with van der Waals surface area (Å²) in [7, 11) is 3.56. The minimum absolute atomic E-state index is 0.0452. The molecule has 4 aromatic rings. The van der Waals surface area contributed by atoms with Gasteiger partial charge in [-0.3, -0.25) is 24.1 Å². The SMILES string of the molecule is CO[C@H]1C=CO[C@@]2(C)Oc3c(C)c(O)c4c(=O)c(c5oc6cc(N7CC8CCC(C7)N8C)cc(=O)c6nc5c4c3=C2O)NC(=O)C(C)=CC=C[C@H](C)[C@H](O)[C@@H](C)[C@@H](O)[C@@H](C)[C@H](OC(C)=O)[C@@H]1C. The average Bonchev–Trinajstić information content (AvgIpc) is 3.65. The van der Waals surface area contributed by atoms with E-state index in [-0.39, 0.29) is 60.8 Å². The Morgan fingerprint density at radius 1 is 0.940 bits per heavy atom. The molecule has 11 atom stereocenters. The van der Waals surface area contributed by atoms with Crippen molar-refractivity contribution in [1.82, 2.24) is 9.88 Å². The van der Waals surface area contributed by atoms with E-state index >= 15 is 0 Å². The van der Waals surface area contributed by atoms with Crippen molar-refractivity contribution in [2.75, 3.05) is 37.5 Å². The molecule has 1 amide bonds. The highest BCUT2D eigenvalue weighted by molar-refractivity contribution is 6.16.